The van der Waals surface area contributed by atoms with Crippen LogP contribution in [-0.4, -0.2) is 11.6 Å². The fraction of sp³-hybridized carbons (Fsp3) is 0.167. The fourth-order valence-electron chi connectivity index (χ4n) is 1.29. The van der Waals surface area contributed by atoms with Crippen LogP contribution < -0.4 is 5.43 Å². The SMILES string of the molecule is CC(=NNC(=O)c1ccc(C)o1)c1cccs1. The van der Waals surface area contributed by atoms with Gasteiger partial charge in [-0.25, -0.2) is 5.43 Å². The summed E-state index contributed by atoms with van der Waals surface area (Å²) in [6, 6.07) is 7.26. The Morgan fingerprint density at radius 3 is 2.82 bits per heavy atom. The van der Waals surface area contributed by atoms with Crippen LogP contribution in [0.15, 0.2) is 39.2 Å². The molecule has 0 atom stereocenters. The second kappa shape index (κ2) is 4.97. The van der Waals surface area contributed by atoms with Crippen molar-refractivity contribution in [3.63, 3.8) is 0 Å². The normalized spacial score (nSPS) is 11.5. The van der Waals surface area contributed by atoms with E-state index in [0.717, 1.165) is 10.6 Å². The fourth-order valence-corrected chi connectivity index (χ4v) is 1.96. The maximum absolute atomic E-state index is 11.6. The van der Waals surface area contributed by atoms with E-state index in [9.17, 15) is 4.79 Å². The van der Waals surface area contributed by atoms with Crippen molar-refractivity contribution in [2.45, 2.75) is 13.8 Å². The highest BCUT2D eigenvalue weighted by Gasteiger charge is 2.08. The van der Waals surface area contributed by atoms with Gasteiger partial charge in [0.1, 0.15) is 5.76 Å². The number of aryl methyl sites for hydroxylation is 1. The van der Waals surface area contributed by atoms with E-state index in [1.165, 1.54) is 0 Å². The first kappa shape index (κ1) is 11.6. The highest BCUT2D eigenvalue weighted by Crippen LogP contribution is 2.10. The Morgan fingerprint density at radius 1 is 1.41 bits per heavy atom. The van der Waals surface area contributed by atoms with Gasteiger partial charge >= 0.3 is 5.91 Å². The van der Waals surface area contributed by atoms with E-state index in [1.807, 2.05) is 24.4 Å². The van der Waals surface area contributed by atoms with Crippen molar-refractivity contribution >= 4 is 23.0 Å². The Balaban J connectivity index is 2.03. The van der Waals surface area contributed by atoms with Gasteiger partial charge in [-0.15, -0.1) is 11.3 Å². The number of rotatable bonds is 3. The molecule has 2 aromatic heterocycles. The maximum atomic E-state index is 11.6. The van der Waals surface area contributed by atoms with Crippen molar-refractivity contribution in [3.8, 4) is 0 Å². The molecular formula is C12H12N2O2S. The Bertz CT molecular complexity index is 541. The van der Waals surface area contributed by atoms with Crippen LogP contribution in [-0.2, 0) is 0 Å². The molecule has 0 aliphatic heterocycles. The minimum atomic E-state index is -0.339. The molecule has 2 heterocycles. The number of hydrazone groups is 1. The zero-order valence-electron chi connectivity index (χ0n) is 9.56. The Kier molecular flexibility index (Phi) is 3.39. The van der Waals surface area contributed by atoms with E-state index in [1.54, 1.807) is 30.4 Å². The van der Waals surface area contributed by atoms with Crippen molar-refractivity contribution in [2.24, 2.45) is 5.10 Å². The van der Waals surface area contributed by atoms with E-state index in [0.29, 0.717) is 5.76 Å². The summed E-state index contributed by atoms with van der Waals surface area (Å²) in [6.45, 7) is 3.64. The number of hydrogen-bond donors (Lipinski definition) is 1. The van der Waals surface area contributed by atoms with Crippen LogP contribution in [0.1, 0.15) is 28.1 Å². The lowest BCUT2D eigenvalue weighted by molar-refractivity contribution is 0.0926. The summed E-state index contributed by atoms with van der Waals surface area (Å²) in [4.78, 5) is 12.7. The van der Waals surface area contributed by atoms with E-state index in [-0.39, 0.29) is 11.7 Å². The van der Waals surface area contributed by atoms with Crippen LogP contribution in [0.4, 0.5) is 0 Å². The summed E-state index contributed by atoms with van der Waals surface area (Å²) in [5.41, 5.74) is 3.24. The highest BCUT2D eigenvalue weighted by atomic mass is 32.1. The summed E-state index contributed by atoms with van der Waals surface area (Å²) in [5.74, 6) is 0.633. The molecule has 0 spiro atoms. The van der Waals surface area contributed by atoms with Gasteiger partial charge in [0.15, 0.2) is 5.76 Å². The van der Waals surface area contributed by atoms with E-state index >= 15 is 0 Å². The molecular weight excluding hydrogens is 236 g/mol. The molecule has 0 unspecified atom stereocenters. The minimum Gasteiger partial charge on any atom is -0.456 e. The molecule has 2 aromatic rings. The lowest BCUT2D eigenvalue weighted by Gasteiger charge is -1.98. The molecule has 1 amide bonds. The third-order valence-corrected chi connectivity index (χ3v) is 3.15. The number of furan rings is 1. The third-order valence-electron chi connectivity index (χ3n) is 2.17. The van der Waals surface area contributed by atoms with Gasteiger partial charge in [-0.3, -0.25) is 4.79 Å². The summed E-state index contributed by atoms with van der Waals surface area (Å²) in [7, 11) is 0. The molecule has 4 nitrogen and oxygen atoms in total. The predicted molar refractivity (Wildman–Crippen MR) is 67.4 cm³/mol. The second-order valence-corrected chi connectivity index (χ2v) is 4.47. The van der Waals surface area contributed by atoms with Crippen molar-refractivity contribution in [1.29, 1.82) is 0 Å². The molecule has 0 aliphatic carbocycles. The van der Waals surface area contributed by atoms with Crippen LogP contribution in [0.3, 0.4) is 0 Å². The number of amides is 1. The van der Waals surface area contributed by atoms with Crippen LogP contribution in [0.5, 0.6) is 0 Å². The predicted octanol–water partition coefficient (Wildman–Crippen LogP) is 2.80. The van der Waals surface area contributed by atoms with Gasteiger partial charge in [-0.1, -0.05) is 6.07 Å². The first-order chi connectivity index (χ1) is 8.16. The van der Waals surface area contributed by atoms with Crippen molar-refractivity contribution in [1.82, 2.24) is 5.43 Å². The lowest BCUT2D eigenvalue weighted by Crippen LogP contribution is -2.18. The smallest absolute Gasteiger partial charge is 0.307 e. The Hall–Kier alpha value is -1.88. The molecule has 17 heavy (non-hydrogen) atoms. The topological polar surface area (TPSA) is 54.6 Å². The van der Waals surface area contributed by atoms with Gasteiger partial charge < -0.3 is 4.42 Å². The molecule has 0 radical (unpaired) electrons. The van der Waals surface area contributed by atoms with Gasteiger partial charge in [0, 0.05) is 4.88 Å². The van der Waals surface area contributed by atoms with Crippen LogP contribution >= 0.6 is 11.3 Å². The number of nitrogens with one attached hydrogen (secondary N) is 1. The largest absolute Gasteiger partial charge is 0.456 e. The molecule has 2 rings (SSSR count). The third kappa shape index (κ3) is 2.82. The molecule has 1 N–H and O–H groups in total. The molecule has 0 saturated carbocycles. The quantitative estimate of drug-likeness (QED) is 0.670. The molecule has 5 heteroatoms. The van der Waals surface area contributed by atoms with Crippen molar-refractivity contribution < 1.29 is 9.21 Å². The average molecular weight is 248 g/mol. The van der Waals surface area contributed by atoms with E-state index in [4.69, 9.17) is 4.42 Å². The lowest BCUT2D eigenvalue weighted by atomic mass is 10.3. The maximum Gasteiger partial charge on any atom is 0.307 e. The first-order valence-electron chi connectivity index (χ1n) is 5.12. The highest BCUT2D eigenvalue weighted by molar-refractivity contribution is 7.12. The Labute approximate surface area is 103 Å². The van der Waals surface area contributed by atoms with Crippen LogP contribution in [0.25, 0.3) is 0 Å². The van der Waals surface area contributed by atoms with Gasteiger partial charge in [0.05, 0.1) is 5.71 Å². The molecule has 0 aliphatic rings. The number of thiophene rings is 1. The van der Waals surface area contributed by atoms with Gasteiger partial charge in [-0.05, 0) is 37.4 Å². The summed E-state index contributed by atoms with van der Waals surface area (Å²) < 4.78 is 5.19. The van der Waals surface area contributed by atoms with Crippen molar-refractivity contribution in [3.05, 3.63) is 46.0 Å². The van der Waals surface area contributed by atoms with Crippen LogP contribution in [0.2, 0.25) is 0 Å². The molecule has 0 bridgehead atoms. The summed E-state index contributed by atoms with van der Waals surface area (Å²) >= 11 is 1.58. The number of carbonyl (C=O) groups is 1. The molecule has 0 fully saturated rings. The van der Waals surface area contributed by atoms with Gasteiger partial charge in [0.25, 0.3) is 0 Å². The van der Waals surface area contributed by atoms with E-state index in [2.05, 4.69) is 10.5 Å². The molecule has 88 valence electrons. The number of carbonyl (C=O) groups excluding carboxylic acids is 1. The average Bonchev–Trinajstić information content (AvgIpc) is 2.95. The Morgan fingerprint density at radius 2 is 2.24 bits per heavy atom. The van der Waals surface area contributed by atoms with Gasteiger partial charge in [-0.2, -0.15) is 5.10 Å². The number of nitrogens with zero attached hydrogens (tertiary/aromatic N) is 1. The number of hydrogen-bond acceptors (Lipinski definition) is 4. The van der Waals surface area contributed by atoms with Crippen LogP contribution in [0, 0.1) is 6.92 Å². The van der Waals surface area contributed by atoms with E-state index < -0.39 is 0 Å². The molecule has 0 aromatic carbocycles. The first-order valence-corrected chi connectivity index (χ1v) is 6.00. The standard InChI is InChI=1S/C12H12N2O2S/c1-8-5-6-10(16-8)12(15)14-13-9(2)11-4-3-7-17-11/h3-7H,1-2H3,(H,14,15). The minimum absolute atomic E-state index is 0.269. The van der Waals surface area contributed by atoms with Crippen molar-refractivity contribution in [2.75, 3.05) is 0 Å². The van der Waals surface area contributed by atoms with Gasteiger partial charge in [0.2, 0.25) is 0 Å². The summed E-state index contributed by atoms with van der Waals surface area (Å²) in [5, 5.41) is 5.98. The molecule has 0 saturated heterocycles. The zero-order valence-corrected chi connectivity index (χ0v) is 10.4. The second-order valence-electron chi connectivity index (χ2n) is 3.53. The zero-order chi connectivity index (χ0) is 12.3. The monoisotopic (exact) mass is 248 g/mol. The summed E-state index contributed by atoms with van der Waals surface area (Å²) in [6.07, 6.45) is 0.